The topological polar surface area (TPSA) is 26.0 Å². The van der Waals surface area contributed by atoms with E-state index in [2.05, 4.69) is 5.92 Å². The minimum absolute atomic E-state index is 0.143. The van der Waals surface area contributed by atoms with Crippen molar-refractivity contribution in [3.63, 3.8) is 0 Å². The van der Waals surface area contributed by atoms with Crippen molar-refractivity contribution in [2.45, 2.75) is 12.5 Å². The van der Waals surface area contributed by atoms with Gasteiger partial charge in [0.2, 0.25) is 0 Å². The highest BCUT2D eigenvalue weighted by Gasteiger charge is 2.13. The zero-order chi connectivity index (χ0) is 10.7. The quantitative estimate of drug-likeness (QED) is 0.573. The highest BCUT2D eigenvalue weighted by atomic mass is 19.2. The third-order valence-electron chi connectivity index (χ3n) is 1.77. The second-order valence-electron chi connectivity index (χ2n) is 2.81. The fourth-order valence-corrected chi connectivity index (χ4v) is 1.03. The first-order valence-electron chi connectivity index (χ1n) is 3.89. The number of nitrogens with two attached hydrogens (primary N) is 1. The van der Waals surface area contributed by atoms with Crippen molar-refractivity contribution in [2.24, 2.45) is 5.73 Å². The Balaban J connectivity index is 3.07. The van der Waals surface area contributed by atoms with E-state index < -0.39 is 23.5 Å². The highest BCUT2D eigenvalue weighted by molar-refractivity contribution is 5.23. The number of hydrogen-bond acceptors (Lipinski definition) is 1. The van der Waals surface area contributed by atoms with Crippen molar-refractivity contribution in [3.05, 3.63) is 35.1 Å². The molecule has 0 aromatic heterocycles. The predicted octanol–water partition coefficient (Wildman–Crippen LogP) is 2.13. The van der Waals surface area contributed by atoms with Gasteiger partial charge in [0.05, 0.1) is 0 Å². The Hall–Kier alpha value is -1.47. The maximum Gasteiger partial charge on any atom is 0.194 e. The lowest BCUT2D eigenvalue weighted by atomic mass is 10.0. The molecule has 0 bridgehead atoms. The van der Waals surface area contributed by atoms with E-state index >= 15 is 0 Å². The van der Waals surface area contributed by atoms with E-state index in [-0.39, 0.29) is 12.0 Å². The lowest BCUT2D eigenvalue weighted by Crippen LogP contribution is -2.10. The molecule has 1 nitrogen and oxygen atoms in total. The van der Waals surface area contributed by atoms with Crippen LogP contribution in [0.15, 0.2) is 12.1 Å². The van der Waals surface area contributed by atoms with Gasteiger partial charge in [-0.25, -0.2) is 13.2 Å². The Morgan fingerprint density at radius 2 is 1.79 bits per heavy atom. The lowest BCUT2D eigenvalue weighted by molar-refractivity contribution is 0.443. The first-order chi connectivity index (χ1) is 6.56. The van der Waals surface area contributed by atoms with Crippen molar-refractivity contribution in [3.8, 4) is 12.3 Å². The standard InChI is InChI=1S/C10H8F3N/c1-2-3-9(14)6-4-7(11)10(13)8(12)5-6/h1,4-5,9H,3,14H2. The summed E-state index contributed by atoms with van der Waals surface area (Å²) < 4.78 is 38.0. The van der Waals surface area contributed by atoms with Gasteiger partial charge in [0.15, 0.2) is 17.5 Å². The van der Waals surface area contributed by atoms with Crippen LogP contribution < -0.4 is 5.73 Å². The van der Waals surface area contributed by atoms with E-state index in [0.29, 0.717) is 0 Å². The van der Waals surface area contributed by atoms with Gasteiger partial charge in [-0.1, -0.05) is 0 Å². The fourth-order valence-electron chi connectivity index (χ4n) is 1.03. The van der Waals surface area contributed by atoms with Crippen molar-refractivity contribution in [1.82, 2.24) is 0 Å². The molecule has 0 aliphatic carbocycles. The van der Waals surface area contributed by atoms with Crippen LogP contribution in [0, 0.1) is 29.8 Å². The number of hydrogen-bond donors (Lipinski definition) is 1. The molecule has 0 saturated carbocycles. The minimum atomic E-state index is -1.50. The Morgan fingerprint density at radius 1 is 1.29 bits per heavy atom. The summed E-state index contributed by atoms with van der Waals surface area (Å²) in [5, 5.41) is 0. The van der Waals surface area contributed by atoms with Crippen LogP contribution in [0.2, 0.25) is 0 Å². The molecule has 0 heterocycles. The van der Waals surface area contributed by atoms with Gasteiger partial charge < -0.3 is 5.73 Å². The van der Waals surface area contributed by atoms with E-state index in [4.69, 9.17) is 12.2 Å². The van der Waals surface area contributed by atoms with E-state index in [1.807, 2.05) is 0 Å². The number of rotatable bonds is 2. The van der Waals surface area contributed by atoms with Crippen molar-refractivity contribution in [1.29, 1.82) is 0 Å². The molecule has 1 aromatic carbocycles. The molecule has 14 heavy (non-hydrogen) atoms. The van der Waals surface area contributed by atoms with Gasteiger partial charge in [0.25, 0.3) is 0 Å². The molecule has 0 aliphatic rings. The maximum atomic E-state index is 12.7. The molecule has 1 unspecified atom stereocenters. The average molecular weight is 199 g/mol. The first kappa shape index (κ1) is 10.6. The van der Waals surface area contributed by atoms with Gasteiger partial charge in [-0.3, -0.25) is 0 Å². The molecule has 4 heteroatoms. The first-order valence-corrected chi connectivity index (χ1v) is 3.89. The monoisotopic (exact) mass is 199 g/mol. The summed E-state index contributed by atoms with van der Waals surface area (Å²) in [5.41, 5.74) is 5.65. The molecule has 0 saturated heterocycles. The second kappa shape index (κ2) is 4.16. The molecule has 0 radical (unpaired) electrons. The van der Waals surface area contributed by atoms with Gasteiger partial charge in [0.1, 0.15) is 0 Å². The Labute approximate surface area is 79.7 Å². The Bertz CT molecular complexity index is 358. The van der Waals surface area contributed by atoms with Crippen LogP contribution >= 0.6 is 0 Å². The van der Waals surface area contributed by atoms with Gasteiger partial charge in [-0.2, -0.15) is 0 Å². The smallest absolute Gasteiger partial charge is 0.194 e. The molecular weight excluding hydrogens is 191 g/mol. The molecule has 0 amide bonds. The number of halogens is 3. The fraction of sp³-hybridized carbons (Fsp3) is 0.200. The summed E-state index contributed by atoms with van der Waals surface area (Å²) in [6, 6.07) is 1.02. The van der Waals surface area contributed by atoms with Gasteiger partial charge >= 0.3 is 0 Å². The Morgan fingerprint density at radius 3 is 2.21 bits per heavy atom. The second-order valence-corrected chi connectivity index (χ2v) is 2.81. The summed E-state index contributed by atoms with van der Waals surface area (Å²) >= 11 is 0. The van der Waals surface area contributed by atoms with Crippen LogP contribution in [0.1, 0.15) is 18.0 Å². The molecule has 0 aliphatic heterocycles. The highest BCUT2D eigenvalue weighted by Crippen LogP contribution is 2.19. The van der Waals surface area contributed by atoms with E-state index in [1.165, 1.54) is 0 Å². The molecular formula is C10H8F3N. The van der Waals surface area contributed by atoms with Crippen molar-refractivity contribution in [2.75, 3.05) is 0 Å². The van der Waals surface area contributed by atoms with Crippen LogP contribution in [0.5, 0.6) is 0 Å². The lowest BCUT2D eigenvalue weighted by Gasteiger charge is -2.08. The largest absolute Gasteiger partial charge is 0.323 e. The predicted molar refractivity (Wildman–Crippen MR) is 46.7 cm³/mol. The van der Waals surface area contributed by atoms with Crippen LogP contribution in [0.3, 0.4) is 0 Å². The third-order valence-corrected chi connectivity index (χ3v) is 1.77. The molecule has 0 fully saturated rings. The molecule has 2 N–H and O–H groups in total. The summed E-state index contributed by atoms with van der Waals surface area (Å²) in [7, 11) is 0. The maximum absolute atomic E-state index is 12.7. The summed E-state index contributed by atoms with van der Waals surface area (Å²) in [4.78, 5) is 0. The van der Waals surface area contributed by atoms with Gasteiger partial charge in [-0.15, -0.1) is 12.3 Å². The van der Waals surface area contributed by atoms with Gasteiger partial charge in [0, 0.05) is 12.5 Å². The van der Waals surface area contributed by atoms with Crippen LogP contribution in [0.4, 0.5) is 13.2 Å². The van der Waals surface area contributed by atoms with Crippen LogP contribution in [-0.4, -0.2) is 0 Å². The molecule has 1 atom stereocenters. The SMILES string of the molecule is C#CCC(N)c1cc(F)c(F)c(F)c1. The summed E-state index contributed by atoms with van der Waals surface area (Å²) in [6.45, 7) is 0. The van der Waals surface area contributed by atoms with E-state index in [0.717, 1.165) is 12.1 Å². The number of terminal acetylenes is 1. The summed E-state index contributed by atoms with van der Waals surface area (Å²) in [5.74, 6) is -1.76. The number of benzene rings is 1. The van der Waals surface area contributed by atoms with Gasteiger partial charge in [-0.05, 0) is 17.7 Å². The van der Waals surface area contributed by atoms with Crippen LogP contribution in [0.25, 0.3) is 0 Å². The Kier molecular flexibility index (Phi) is 3.15. The summed E-state index contributed by atoms with van der Waals surface area (Å²) in [6.07, 6.45) is 5.12. The minimum Gasteiger partial charge on any atom is -0.323 e. The van der Waals surface area contributed by atoms with Crippen molar-refractivity contribution >= 4 is 0 Å². The van der Waals surface area contributed by atoms with Crippen molar-refractivity contribution < 1.29 is 13.2 Å². The molecule has 74 valence electrons. The van der Waals surface area contributed by atoms with Crippen LogP contribution in [-0.2, 0) is 0 Å². The molecule has 1 rings (SSSR count). The zero-order valence-corrected chi connectivity index (χ0v) is 7.23. The molecule has 0 spiro atoms. The normalized spacial score (nSPS) is 12.2. The zero-order valence-electron chi connectivity index (χ0n) is 7.23. The molecule has 1 aromatic rings. The van der Waals surface area contributed by atoms with E-state index in [9.17, 15) is 13.2 Å². The van der Waals surface area contributed by atoms with E-state index in [1.54, 1.807) is 0 Å². The average Bonchev–Trinajstić information content (AvgIpc) is 2.13. The third kappa shape index (κ3) is 2.06.